The fourth-order valence-corrected chi connectivity index (χ4v) is 3.88. The third-order valence-electron chi connectivity index (χ3n) is 3.46. The van der Waals surface area contributed by atoms with E-state index in [9.17, 15) is 13.2 Å². The van der Waals surface area contributed by atoms with Crippen LogP contribution < -0.4 is 5.32 Å². The lowest BCUT2D eigenvalue weighted by atomic mass is 10.1. The van der Waals surface area contributed by atoms with Gasteiger partial charge in [-0.05, 0) is 30.7 Å². The number of hydrogen-bond donors (Lipinski definition) is 1. The van der Waals surface area contributed by atoms with Crippen molar-refractivity contribution in [3.8, 4) is 0 Å². The summed E-state index contributed by atoms with van der Waals surface area (Å²) in [6, 6.07) is 10.3. The molecule has 8 heteroatoms. The molecule has 2 aromatic rings. The molecule has 1 heterocycles. The van der Waals surface area contributed by atoms with E-state index in [1.54, 1.807) is 0 Å². The Morgan fingerprint density at radius 1 is 1.29 bits per heavy atom. The van der Waals surface area contributed by atoms with Gasteiger partial charge in [0, 0.05) is 23.9 Å². The Labute approximate surface area is 150 Å². The zero-order valence-corrected chi connectivity index (χ0v) is 15.7. The number of benzene rings is 1. The van der Waals surface area contributed by atoms with Gasteiger partial charge in [0.15, 0.2) is 0 Å². The minimum atomic E-state index is -3.74. The van der Waals surface area contributed by atoms with Crippen molar-refractivity contribution < 1.29 is 13.2 Å². The van der Waals surface area contributed by atoms with E-state index in [0.29, 0.717) is 0 Å². The van der Waals surface area contributed by atoms with Gasteiger partial charge in [-0.25, -0.2) is 8.42 Å². The van der Waals surface area contributed by atoms with E-state index in [0.717, 1.165) is 14.3 Å². The Kier molecular flexibility index (Phi) is 6.09. The molecule has 0 bridgehead atoms. The highest BCUT2D eigenvalue weighted by Gasteiger charge is 2.23. The van der Waals surface area contributed by atoms with E-state index in [1.165, 1.54) is 31.6 Å². The molecule has 1 N–H and O–H groups in total. The SMILES string of the molecule is CC(NC(=O)CN(C)S(=O)(=O)c1cccnc1)c1ccccc1Br. The maximum absolute atomic E-state index is 12.4. The first-order chi connectivity index (χ1) is 11.3. The van der Waals surface area contributed by atoms with Gasteiger partial charge >= 0.3 is 0 Å². The molecule has 0 aliphatic heterocycles. The van der Waals surface area contributed by atoms with E-state index >= 15 is 0 Å². The molecule has 0 saturated carbocycles. The van der Waals surface area contributed by atoms with Crippen LogP contribution in [0.15, 0.2) is 58.2 Å². The first-order valence-electron chi connectivity index (χ1n) is 7.22. The molecule has 1 aromatic carbocycles. The summed E-state index contributed by atoms with van der Waals surface area (Å²) in [5.41, 5.74) is 0.920. The van der Waals surface area contributed by atoms with Crippen LogP contribution in [-0.2, 0) is 14.8 Å². The van der Waals surface area contributed by atoms with Crippen molar-refractivity contribution >= 4 is 31.9 Å². The van der Waals surface area contributed by atoms with E-state index in [1.807, 2.05) is 31.2 Å². The zero-order valence-electron chi connectivity index (χ0n) is 13.3. The molecular formula is C16H18BrN3O3S. The van der Waals surface area contributed by atoms with Crippen LogP contribution in [0, 0.1) is 0 Å². The van der Waals surface area contributed by atoms with Gasteiger partial charge in [-0.3, -0.25) is 9.78 Å². The average Bonchev–Trinajstić information content (AvgIpc) is 2.55. The second-order valence-electron chi connectivity index (χ2n) is 5.26. The van der Waals surface area contributed by atoms with E-state index in [-0.39, 0.29) is 23.4 Å². The lowest BCUT2D eigenvalue weighted by Gasteiger charge is -2.20. The minimum absolute atomic E-state index is 0.0548. The van der Waals surface area contributed by atoms with Crippen molar-refractivity contribution in [2.24, 2.45) is 0 Å². The molecule has 0 spiro atoms. The predicted octanol–water partition coefficient (Wildman–Crippen LogP) is 2.34. The number of pyridine rings is 1. The quantitative estimate of drug-likeness (QED) is 0.790. The van der Waals surface area contributed by atoms with Crippen LogP contribution in [0.2, 0.25) is 0 Å². The molecule has 0 saturated heterocycles. The molecule has 2 rings (SSSR count). The fourth-order valence-electron chi connectivity index (χ4n) is 2.16. The highest BCUT2D eigenvalue weighted by Crippen LogP contribution is 2.22. The molecule has 24 heavy (non-hydrogen) atoms. The number of carbonyl (C=O) groups excluding carboxylic acids is 1. The topological polar surface area (TPSA) is 79.4 Å². The van der Waals surface area contributed by atoms with Gasteiger partial charge in [0.25, 0.3) is 0 Å². The fraction of sp³-hybridized carbons (Fsp3) is 0.250. The highest BCUT2D eigenvalue weighted by molar-refractivity contribution is 9.10. The number of nitrogens with zero attached hydrogens (tertiary/aromatic N) is 2. The van der Waals surface area contributed by atoms with Crippen LogP contribution in [0.3, 0.4) is 0 Å². The van der Waals surface area contributed by atoms with Crippen LogP contribution in [0.4, 0.5) is 0 Å². The number of halogens is 1. The summed E-state index contributed by atoms with van der Waals surface area (Å²) in [7, 11) is -2.38. The number of aromatic nitrogens is 1. The van der Waals surface area contributed by atoms with Gasteiger partial charge in [0.2, 0.25) is 15.9 Å². The van der Waals surface area contributed by atoms with Crippen molar-refractivity contribution in [1.29, 1.82) is 0 Å². The molecule has 0 fully saturated rings. The maximum Gasteiger partial charge on any atom is 0.244 e. The van der Waals surface area contributed by atoms with Crippen molar-refractivity contribution in [2.75, 3.05) is 13.6 Å². The molecule has 6 nitrogen and oxygen atoms in total. The molecule has 0 aliphatic rings. The van der Waals surface area contributed by atoms with Crippen LogP contribution in [-0.4, -0.2) is 37.2 Å². The highest BCUT2D eigenvalue weighted by atomic mass is 79.9. The Bertz CT molecular complexity index is 812. The van der Waals surface area contributed by atoms with Gasteiger partial charge in [0.1, 0.15) is 4.90 Å². The summed E-state index contributed by atoms with van der Waals surface area (Å²) >= 11 is 3.44. The van der Waals surface area contributed by atoms with Gasteiger partial charge in [-0.1, -0.05) is 34.1 Å². The normalized spacial score (nSPS) is 12.8. The molecule has 1 amide bonds. The van der Waals surface area contributed by atoms with Crippen LogP contribution >= 0.6 is 15.9 Å². The molecule has 128 valence electrons. The number of amides is 1. The van der Waals surface area contributed by atoms with Gasteiger partial charge < -0.3 is 5.32 Å². The zero-order chi connectivity index (χ0) is 17.7. The Morgan fingerprint density at radius 2 is 2.00 bits per heavy atom. The third kappa shape index (κ3) is 4.40. The molecule has 1 aromatic heterocycles. The van der Waals surface area contributed by atoms with Crippen molar-refractivity contribution in [1.82, 2.24) is 14.6 Å². The second kappa shape index (κ2) is 7.87. The number of likely N-dealkylation sites (N-methyl/N-ethyl adjacent to an activating group) is 1. The number of sulfonamides is 1. The second-order valence-corrected chi connectivity index (χ2v) is 8.16. The monoisotopic (exact) mass is 411 g/mol. The first-order valence-corrected chi connectivity index (χ1v) is 9.46. The van der Waals surface area contributed by atoms with Crippen LogP contribution in [0.5, 0.6) is 0 Å². The molecule has 0 aliphatic carbocycles. The Morgan fingerprint density at radius 3 is 2.62 bits per heavy atom. The van der Waals surface area contributed by atoms with Gasteiger partial charge in [0.05, 0.1) is 12.6 Å². The first kappa shape index (κ1) is 18.6. The summed E-state index contributed by atoms with van der Waals surface area (Å²) in [4.78, 5) is 16.0. The number of nitrogens with one attached hydrogen (secondary N) is 1. The number of rotatable bonds is 6. The number of carbonyl (C=O) groups is 1. The summed E-state index contributed by atoms with van der Waals surface area (Å²) in [6.45, 7) is 1.57. The van der Waals surface area contributed by atoms with Gasteiger partial charge in [-0.2, -0.15) is 4.31 Å². The van der Waals surface area contributed by atoms with Gasteiger partial charge in [-0.15, -0.1) is 0 Å². The summed E-state index contributed by atoms with van der Waals surface area (Å²) in [6.07, 6.45) is 2.75. The Hall–Kier alpha value is -1.77. The predicted molar refractivity (Wildman–Crippen MR) is 94.8 cm³/mol. The van der Waals surface area contributed by atoms with Crippen molar-refractivity contribution in [2.45, 2.75) is 17.9 Å². The third-order valence-corrected chi connectivity index (χ3v) is 5.97. The van der Waals surface area contributed by atoms with Crippen molar-refractivity contribution in [3.63, 3.8) is 0 Å². The van der Waals surface area contributed by atoms with Crippen molar-refractivity contribution in [3.05, 3.63) is 58.8 Å². The largest absolute Gasteiger partial charge is 0.348 e. The lowest BCUT2D eigenvalue weighted by Crippen LogP contribution is -2.39. The van der Waals surface area contributed by atoms with E-state index in [2.05, 4.69) is 26.2 Å². The standard InChI is InChI=1S/C16H18BrN3O3S/c1-12(14-7-3-4-8-15(14)17)19-16(21)11-20(2)24(22,23)13-6-5-9-18-10-13/h3-10,12H,11H2,1-2H3,(H,19,21). The molecule has 0 radical (unpaired) electrons. The minimum Gasteiger partial charge on any atom is -0.348 e. The Balaban J connectivity index is 2.03. The van der Waals surface area contributed by atoms with E-state index < -0.39 is 10.0 Å². The smallest absolute Gasteiger partial charge is 0.244 e. The van der Waals surface area contributed by atoms with Crippen LogP contribution in [0.25, 0.3) is 0 Å². The van der Waals surface area contributed by atoms with Crippen LogP contribution in [0.1, 0.15) is 18.5 Å². The molecular weight excluding hydrogens is 394 g/mol. The summed E-state index contributed by atoms with van der Waals surface area (Å²) in [5.74, 6) is -0.381. The molecule has 1 atom stereocenters. The molecule has 1 unspecified atom stereocenters. The van der Waals surface area contributed by atoms with E-state index in [4.69, 9.17) is 0 Å². The lowest BCUT2D eigenvalue weighted by molar-refractivity contribution is -0.121. The number of hydrogen-bond acceptors (Lipinski definition) is 4. The average molecular weight is 412 g/mol. The summed E-state index contributed by atoms with van der Waals surface area (Å²) < 4.78 is 26.6. The maximum atomic E-state index is 12.4. The summed E-state index contributed by atoms with van der Waals surface area (Å²) in [5, 5.41) is 2.80.